The average molecular weight is 220 g/mol. The van der Waals surface area contributed by atoms with Gasteiger partial charge in [0.1, 0.15) is 0 Å². The maximum Gasteiger partial charge on any atom is 0.251 e. The van der Waals surface area contributed by atoms with E-state index in [1.54, 1.807) is 0 Å². The molecule has 0 aliphatic rings. The van der Waals surface area contributed by atoms with Gasteiger partial charge in [-0.3, -0.25) is 4.79 Å². The SMILES string of the molecule is CCN(C)c1cccc(C(=O)NC(C)C)c1. The van der Waals surface area contributed by atoms with Crippen LogP contribution in [-0.2, 0) is 0 Å². The van der Waals surface area contributed by atoms with Crippen LogP contribution in [0.4, 0.5) is 5.69 Å². The third kappa shape index (κ3) is 3.26. The molecular formula is C13H20N2O. The van der Waals surface area contributed by atoms with Crippen LogP contribution in [0.3, 0.4) is 0 Å². The molecule has 3 heteroatoms. The lowest BCUT2D eigenvalue weighted by Crippen LogP contribution is -2.30. The third-order valence-corrected chi connectivity index (χ3v) is 2.44. The van der Waals surface area contributed by atoms with E-state index in [-0.39, 0.29) is 11.9 Å². The van der Waals surface area contributed by atoms with Gasteiger partial charge in [-0.05, 0) is 39.0 Å². The summed E-state index contributed by atoms with van der Waals surface area (Å²) in [5.74, 6) is -0.0126. The van der Waals surface area contributed by atoms with Crippen LogP contribution in [0.1, 0.15) is 31.1 Å². The summed E-state index contributed by atoms with van der Waals surface area (Å²) in [5, 5.41) is 2.89. The second-order valence-corrected chi connectivity index (χ2v) is 4.19. The van der Waals surface area contributed by atoms with Crippen LogP contribution < -0.4 is 10.2 Å². The van der Waals surface area contributed by atoms with E-state index >= 15 is 0 Å². The molecule has 1 amide bonds. The zero-order valence-corrected chi connectivity index (χ0v) is 10.4. The molecule has 88 valence electrons. The van der Waals surface area contributed by atoms with Crippen LogP contribution in [0.5, 0.6) is 0 Å². The lowest BCUT2D eigenvalue weighted by molar-refractivity contribution is 0.0943. The summed E-state index contributed by atoms with van der Waals surface area (Å²) in [7, 11) is 2.01. The Morgan fingerprint density at radius 2 is 2.12 bits per heavy atom. The van der Waals surface area contributed by atoms with E-state index in [1.165, 1.54) is 0 Å². The van der Waals surface area contributed by atoms with Crippen LogP contribution in [0, 0.1) is 0 Å². The average Bonchev–Trinajstić information content (AvgIpc) is 2.27. The fourth-order valence-corrected chi connectivity index (χ4v) is 1.41. The normalized spacial score (nSPS) is 10.3. The fourth-order valence-electron chi connectivity index (χ4n) is 1.41. The van der Waals surface area contributed by atoms with Crippen LogP contribution in [0.2, 0.25) is 0 Å². The molecular weight excluding hydrogens is 200 g/mol. The highest BCUT2D eigenvalue weighted by Crippen LogP contribution is 2.14. The third-order valence-electron chi connectivity index (χ3n) is 2.44. The van der Waals surface area contributed by atoms with E-state index in [0.29, 0.717) is 5.56 Å². The van der Waals surface area contributed by atoms with Crippen molar-refractivity contribution >= 4 is 11.6 Å². The molecule has 16 heavy (non-hydrogen) atoms. The molecule has 0 aliphatic heterocycles. The summed E-state index contributed by atoms with van der Waals surface area (Å²) in [5.41, 5.74) is 1.78. The van der Waals surface area contributed by atoms with Gasteiger partial charge in [0.15, 0.2) is 0 Å². The maximum atomic E-state index is 11.8. The maximum absolute atomic E-state index is 11.8. The number of carbonyl (C=O) groups is 1. The topological polar surface area (TPSA) is 32.3 Å². The molecule has 1 N–H and O–H groups in total. The lowest BCUT2D eigenvalue weighted by Gasteiger charge is -2.17. The Morgan fingerprint density at radius 1 is 1.44 bits per heavy atom. The highest BCUT2D eigenvalue weighted by Gasteiger charge is 2.08. The predicted molar refractivity (Wildman–Crippen MR) is 68.0 cm³/mol. The molecule has 3 nitrogen and oxygen atoms in total. The van der Waals surface area contributed by atoms with E-state index < -0.39 is 0 Å². The van der Waals surface area contributed by atoms with Gasteiger partial charge in [0.2, 0.25) is 0 Å². The van der Waals surface area contributed by atoms with Gasteiger partial charge in [-0.2, -0.15) is 0 Å². The lowest BCUT2D eigenvalue weighted by atomic mass is 10.1. The van der Waals surface area contributed by atoms with Crippen molar-refractivity contribution in [2.24, 2.45) is 0 Å². The Balaban J connectivity index is 2.85. The number of nitrogens with one attached hydrogen (secondary N) is 1. The van der Waals surface area contributed by atoms with Crippen molar-refractivity contribution in [2.75, 3.05) is 18.5 Å². The monoisotopic (exact) mass is 220 g/mol. The number of amides is 1. The van der Waals surface area contributed by atoms with Crippen LogP contribution >= 0.6 is 0 Å². The molecule has 1 aromatic carbocycles. The Hall–Kier alpha value is -1.51. The number of rotatable bonds is 4. The fraction of sp³-hybridized carbons (Fsp3) is 0.462. The van der Waals surface area contributed by atoms with Gasteiger partial charge in [0, 0.05) is 30.9 Å². The minimum absolute atomic E-state index is 0.0126. The van der Waals surface area contributed by atoms with Crippen molar-refractivity contribution in [2.45, 2.75) is 26.8 Å². The minimum atomic E-state index is -0.0126. The first-order chi connectivity index (χ1) is 7.54. The Kier molecular flexibility index (Phi) is 4.35. The first-order valence-electron chi connectivity index (χ1n) is 5.66. The number of anilines is 1. The molecule has 1 rings (SSSR count). The first-order valence-corrected chi connectivity index (χ1v) is 5.66. The molecule has 0 aromatic heterocycles. The predicted octanol–water partition coefficient (Wildman–Crippen LogP) is 2.28. The van der Waals surface area contributed by atoms with Crippen molar-refractivity contribution in [3.8, 4) is 0 Å². The molecule has 0 heterocycles. The largest absolute Gasteiger partial charge is 0.375 e. The highest BCUT2D eigenvalue weighted by atomic mass is 16.1. The van der Waals surface area contributed by atoms with Gasteiger partial charge < -0.3 is 10.2 Å². The Bertz CT molecular complexity index is 361. The summed E-state index contributed by atoms with van der Waals surface area (Å²) < 4.78 is 0. The number of benzene rings is 1. The summed E-state index contributed by atoms with van der Waals surface area (Å²) >= 11 is 0. The minimum Gasteiger partial charge on any atom is -0.375 e. The first kappa shape index (κ1) is 12.6. The summed E-state index contributed by atoms with van der Waals surface area (Å²) in [4.78, 5) is 13.9. The van der Waals surface area contributed by atoms with Crippen molar-refractivity contribution in [3.63, 3.8) is 0 Å². The molecule has 0 unspecified atom stereocenters. The van der Waals surface area contributed by atoms with Crippen LogP contribution in [-0.4, -0.2) is 25.5 Å². The van der Waals surface area contributed by atoms with Crippen molar-refractivity contribution in [1.29, 1.82) is 0 Å². The van der Waals surface area contributed by atoms with E-state index in [4.69, 9.17) is 0 Å². The van der Waals surface area contributed by atoms with Gasteiger partial charge in [0.25, 0.3) is 5.91 Å². The Morgan fingerprint density at radius 3 is 2.69 bits per heavy atom. The number of nitrogens with zero attached hydrogens (tertiary/aromatic N) is 1. The zero-order valence-electron chi connectivity index (χ0n) is 10.4. The summed E-state index contributed by atoms with van der Waals surface area (Å²) in [6, 6.07) is 7.85. The number of carbonyl (C=O) groups excluding carboxylic acids is 1. The number of hydrogen-bond acceptors (Lipinski definition) is 2. The second kappa shape index (κ2) is 5.54. The van der Waals surface area contributed by atoms with E-state index in [0.717, 1.165) is 12.2 Å². The summed E-state index contributed by atoms with van der Waals surface area (Å²) in [6.07, 6.45) is 0. The second-order valence-electron chi connectivity index (χ2n) is 4.19. The molecule has 0 spiro atoms. The smallest absolute Gasteiger partial charge is 0.251 e. The number of hydrogen-bond donors (Lipinski definition) is 1. The van der Waals surface area contributed by atoms with Crippen molar-refractivity contribution < 1.29 is 4.79 Å². The summed E-state index contributed by atoms with van der Waals surface area (Å²) in [6.45, 7) is 6.93. The van der Waals surface area contributed by atoms with Crippen LogP contribution in [0.25, 0.3) is 0 Å². The quantitative estimate of drug-likeness (QED) is 0.844. The molecule has 0 fully saturated rings. The van der Waals surface area contributed by atoms with Gasteiger partial charge in [0.05, 0.1) is 0 Å². The molecule has 0 radical (unpaired) electrons. The van der Waals surface area contributed by atoms with E-state index in [1.807, 2.05) is 45.2 Å². The molecule has 0 atom stereocenters. The zero-order chi connectivity index (χ0) is 12.1. The van der Waals surface area contributed by atoms with Crippen molar-refractivity contribution in [1.82, 2.24) is 5.32 Å². The van der Waals surface area contributed by atoms with E-state index in [2.05, 4.69) is 17.1 Å². The molecule has 0 aliphatic carbocycles. The molecule has 0 saturated carbocycles. The van der Waals surface area contributed by atoms with E-state index in [9.17, 15) is 4.79 Å². The van der Waals surface area contributed by atoms with Gasteiger partial charge in [-0.15, -0.1) is 0 Å². The molecule has 0 bridgehead atoms. The van der Waals surface area contributed by atoms with Gasteiger partial charge in [-0.25, -0.2) is 0 Å². The standard InChI is InChI=1S/C13H20N2O/c1-5-15(4)12-8-6-7-11(9-12)13(16)14-10(2)3/h6-10H,5H2,1-4H3,(H,14,16). The molecule has 0 saturated heterocycles. The highest BCUT2D eigenvalue weighted by molar-refractivity contribution is 5.95. The Labute approximate surface area is 97.5 Å². The van der Waals surface area contributed by atoms with Gasteiger partial charge >= 0.3 is 0 Å². The van der Waals surface area contributed by atoms with Crippen LogP contribution in [0.15, 0.2) is 24.3 Å². The molecule has 1 aromatic rings. The van der Waals surface area contributed by atoms with Gasteiger partial charge in [-0.1, -0.05) is 6.07 Å². The van der Waals surface area contributed by atoms with Crippen molar-refractivity contribution in [3.05, 3.63) is 29.8 Å².